The monoisotopic (exact) mass is 430 g/mol. The van der Waals surface area contributed by atoms with Gasteiger partial charge in [-0.25, -0.2) is 4.79 Å². The second kappa shape index (κ2) is 10.6. The number of nitrogens with zero attached hydrogens (tertiary/aromatic N) is 1. The number of carbonyl (C=O) groups is 1. The molecule has 0 atom stereocenters. The molecular formula is C27H30N2O3. The average Bonchev–Trinajstić information content (AvgIpc) is 2.91. The fourth-order valence-corrected chi connectivity index (χ4v) is 3.83. The van der Waals surface area contributed by atoms with Gasteiger partial charge in [0.05, 0.1) is 0 Å². The summed E-state index contributed by atoms with van der Waals surface area (Å²) in [6.45, 7) is 1.09. The number of anilines is 1. The summed E-state index contributed by atoms with van der Waals surface area (Å²) in [6, 6.07) is 21.6. The predicted octanol–water partition coefficient (Wildman–Crippen LogP) is 4.84. The first-order valence-corrected chi connectivity index (χ1v) is 10.7. The Hall–Kier alpha value is -3.57. The summed E-state index contributed by atoms with van der Waals surface area (Å²) >= 11 is 0. The lowest BCUT2D eigenvalue weighted by Gasteiger charge is -2.13. The number of aryl methyl sites for hydroxylation is 2. The van der Waals surface area contributed by atoms with Crippen molar-refractivity contribution >= 4 is 17.2 Å². The Morgan fingerprint density at radius 2 is 1.53 bits per heavy atom. The fraction of sp³-hybridized carbons (Fsp3) is 0.222. The highest BCUT2D eigenvalue weighted by atomic mass is 16.4. The lowest BCUT2D eigenvalue weighted by Crippen LogP contribution is -2.12. The molecule has 3 aromatic carbocycles. The van der Waals surface area contributed by atoms with Crippen LogP contribution in [0.3, 0.4) is 0 Å². The molecule has 0 bridgehead atoms. The molecule has 1 aliphatic rings. The van der Waals surface area contributed by atoms with Crippen molar-refractivity contribution in [3.63, 3.8) is 0 Å². The third kappa shape index (κ3) is 5.77. The Balaban J connectivity index is 0.000000222. The Morgan fingerprint density at radius 1 is 0.969 bits per heavy atom. The summed E-state index contributed by atoms with van der Waals surface area (Å²) in [7, 11) is 4.26. The Kier molecular flexibility index (Phi) is 7.68. The lowest BCUT2D eigenvalue weighted by molar-refractivity contribution is 0.0694. The number of aromatic carboxylic acids is 1. The van der Waals surface area contributed by atoms with Crippen LogP contribution in [-0.2, 0) is 12.8 Å². The minimum Gasteiger partial charge on any atom is -0.507 e. The highest BCUT2D eigenvalue weighted by Gasteiger charge is 2.16. The van der Waals surface area contributed by atoms with Crippen molar-refractivity contribution in [2.75, 3.05) is 26.4 Å². The zero-order valence-corrected chi connectivity index (χ0v) is 18.6. The predicted molar refractivity (Wildman–Crippen MR) is 130 cm³/mol. The van der Waals surface area contributed by atoms with E-state index in [0.29, 0.717) is 5.69 Å². The van der Waals surface area contributed by atoms with E-state index < -0.39 is 5.97 Å². The van der Waals surface area contributed by atoms with Gasteiger partial charge < -0.3 is 20.8 Å². The van der Waals surface area contributed by atoms with Gasteiger partial charge in [-0.1, -0.05) is 54.6 Å². The SMILES string of the molecule is CN(C)CCC=C1c2ccccc2CCc2ccccc21.Nc1ccc(C(=O)O)c(O)c1. The molecule has 5 nitrogen and oxygen atoms in total. The Morgan fingerprint density at radius 3 is 2.03 bits per heavy atom. The van der Waals surface area contributed by atoms with Gasteiger partial charge >= 0.3 is 5.97 Å². The van der Waals surface area contributed by atoms with Crippen molar-refractivity contribution in [2.45, 2.75) is 19.3 Å². The van der Waals surface area contributed by atoms with Gasteiger partial charge in [-0.2, -0.15) is 0 Å². The molecule has 0 radical (unpaired) electrons. The molecule has 4 rings (SSSR count). The first-order valence-electron chi connectivity index (χ1n) is 10.7. The van der Waals surface area contributed by atoms with E-state index >= 15 is 0 Å². The molecule has 0 aromatic heterocycles. The van der Waals surface area contributed by atoms with Crippen LogP contribution in [0.4, 0.5) is 5.69 Å². The summed E-state index contributed by atoms with van der Waals surface area (Å²) in [5, 5.41) is 17.5. The molecule has 5 heteroatoms. The van der Waals surface area contributed by atoms with Gasteiger partial charge in [0.25, 0.3) is 0 Å². The van der Waals surface area contributed by atoms with Crippen molar-refractivity contribution in [3.8, 4) is 5.75 Å². The number of carboxylic acid groups (broad SMARTS) is 1. The van der Waals surface area contributed by atoms with E-state index in [1.54, 1.807) is 0 Å². The van der Waals surface area contributed by atoms with Crippen LogP contribution in [0.5, 0.6) is 5.75 Å². The van der Waals surface area contributed by atoms with Crippen LogP contribution in [0.1, 0.15) is 39.0 Å². The molecule has 0 saturated heterocycles. The van der Waals surface area contributed by atoms with Gasteiger partial charge in [-0.05, 0) is 73.3 Å². The maximum atomic E-state index is 10.3. The van der Waals surface area contributed by atoms with Crippen LogP contribution >= 0.6 is 0 Å². The standard InChI is InChI=1S/C20H23N.C7H7NO3/c1-21(2)15-7-12-20-18-10-5-3-8-16(18)13-14-17-9-4-6-11-19(17)20;8-4-1-2-5(7(10)11)6(9)3-4/h3-6,8-12H,7,13-15H2,1-2H3;1-3,9H,8H2,(H,10,11). The first kappa shape index (κ1) is 23.1. The molecule has 0 unspecified atom stereocenters. The summed E-state index contributed by atoms with van der Waals surface area (Å²) in [4.78, 5) is 12.6. The van der Waals surface area contributed by atoms with E-state index in [1.165, 1.54) is 46.0 Å². The number of benzene rings is 3. The maximum Gasteiger partial charge on any atom is 0.339 e. The zero-order chi connectivity index (χ0) is 23.1. The van der Waals surface area contributed by atoms with Crippen LogP contribution in [0.2, 0.25) is 0 Å². The van der Waals surface area contributed by atoms with Gasteiger partial charge in [0, 0.05) is 18.3 Å². The largest absolute Gasteiger partial charge is 0.507 e. The van der Waals surface area contributed by atoms with E-state index in [9.17, 15) is 4.79 Å². The molecule has 0 amide bonds. The number of hydrogen-bond acceptors (Lipinski definition) is 4. The number of rotatable bonds is 4. The fourth-order valence-electron chi connectivity index (χ4n) is 3.83. The molecule has 166 valence electrons. The van der Waals surface area contributed by atoms with E-state index in [2.05, 4.69) is 73.6 Å². The number of nitrogen functional groups attached to an aromatic ring is 1. The molecule has 0 heterocycles. The number of fused-ring (bicyclic) bond motifs is 2. The third-order valence-electron chi connectivity index (χ3n) is 5.46. The highest BCUT2D eigenvalue weighted by molar-refractivity contribution is 5.91. The lowest BCUT2D eigenvalue weighted by atomic mass is 9.93. The second-order valence-electron chi connectivity index (χ2n) is 8.11. The minimum atomic E-state index is -1.16. The van der Waals surface area contributed by atoms with Gasteiger partial charge in [0.15, 0.2) is 0 Å². The molecule has 0 aliphatic heterocycles. The van der Waals surface area contributed by atoms with Gasteiger partial charge in [-0.3, -0.25) is 0 Å². The summed E-state index contributed by atoms with van der Waals surface area (Å²) in [5.74, 6) is -1.47. The first-order chi connectivity index (χ1) is 15.4. The molecule has 0 fully saturated rings. The highest BCUT2D eigenvalue weighted by Crippen LogP contribution is 2.33. The number of phenols is 1. The summed E-state index contributed by atoms with van der Waals surface area (Å²) < 4.78 is 0. The molecule has 32 heavy (non-hydrogen) atoms. The number of carboxylic acids is 1. The second-order valence-corrected chi connectivity index (χ2v) is 8.11. The average molecular weight is 431 g/mol. The van der Waals surface area contributed by atoms with Crippen LogP contribution in [0, 0.1) is 0 Å². The molecule has 1 aliphatic carbocycles. The van der Waals surface area contributed by atoms with Crippen LogP contribution in [-0.4, -0.2) is 41.7 Å². The van der Waals surface area contributed by atoms with Crippen LogP contribution in [0.15, 0.2) is 72.8 Å². The van der Waals surface area contributed by atoms with Crippen molar-refractivity contribution < 1.29 is 15.0 Å². The van der Waals surface area contributed by atoms with Crippen molar-refractivity contribution in [1.82, 2.24) is 4.90 Å². The Bertz CT molecular complexity index is 1070. The smallest absolute Gasteiger partial charge is 0.339 e. The van der Waals surface area contributed by atoms with Crippen LogP contribution in [0.25, 0.3) is 5.57 Å². The summed E-state index contributed by atoms with van der Waals surface area (Å²) in [5.41, 5.74) is 12.7. The quantitative estimate of drug-likeness (QED) is 0.516. The maximum absolute atomic E-state index is 10.3. The van der Waals surface area contributed by atoms with Crippen molar-refractivity contribution in [3.05, 3.63) is 101 Å². The van der Waals surface area contributed by atoms with E-state index in [1.807, 2.05) is 0 Å². The van der Waals surface area contributed by atoms with Gasteiger partial charge in [-0.15, -0.1) is 0 Å². The normalized spacial score (nSPS) is 12.2. The zero-order valence-electron chi connectivity index (χ0n) is 18.6. The van der Waals surface area contributed by atoms with Crippen molar-refractivity contribution in [1.29, 1.82) is 0 Å². The third-order valence-corrected chi connectivity index (χ3v) is 5.46. The molecule has 0 saturated carbocycles. The van der Waals surface area contributed by atoms with E-state index in [0.717, 1.165) is 25.8 Å². The van der Waals surface area contributed by atoms with E-state index in [-0.39, 0.29) is 11.3 Å². The minimum absolute atomic E-state index is 0.140. The van der Waals surface area contributed by atoms with Crippen LogP contribution < -0.4 is 5.73 Å². The molecule has 0 spiro atoms. The molecular weight excluding hydrogens is 400 g/mol. The number of hydrogen-bond donors (Lipinski definition) is 3. The topological polar surface area (TPSA) is 86.8 Å². The van der Waals surface area contributed by atoms with Gasteiger partial charge in [0.2, 0.25) is 0 Å². The summed E-state index contributed by atoms with van der Waals surface area (Å²) in [6.07, 6.45) is 5.78. The molecule has 4 N–H and O–H groups in total. The Labute approximate surface area is 189 Å². The number of nitrogens with two attached hydrogens (primary N) is 1. The molecule has 3 aromatic rings. The van der Waals surface area contributed by atoms with Crippen molar-refractivity contribution in [2.24, 2.45) is 0 Å². The number of aromatic hydroxyl groups is 1. The van der Waals surface area contributed by atoms with Gasteiger partial charge in [0.1, 0.15) is 11.3 Å². The van der Waals surface area contributed by atoms with E-state index in [4.69, 9.17) is 15.9 Å².